The fraction of sp³-hybridized carbons (Fsp3) is 0.875. The van der Waals surface area contributed by atoms with Crippen LogP contribution in [0.25, 0.3) is 0 Å². The van der Waals surface area contributed by atoms with Gasteiger partial charge < -0.3 is 15.4 Å². The third-order valence-corrected chi connectivity index (χ3v) is 1.48. The summed E-state index contributed by atoms with van der Waals surface area (Å²) in [5.41, 5.74) is 0. The lowest BCUT2D eigenvalue weighted by Gasteiger charge is -2.08. The summed E-state index contributed by atoms with van der Waals surface area (Å²) in [6.07, 6.45) is -4.20. The van der Waals surface area contributed by atoms with Crippen molar-refractivity contribution in [1.29, 1.82) is 0 Å². The van der Waals surface area contributed by atoms with E-state index in [0.29, 0.717) is 13.2 Å². The Balaban J connectivity index is 3.32. The average molecular weight is 228 g/mol. The third-order valence-electron chi connectivity index (χ3n) is 1.48. The quantitative estimate of drug-likeness (QED) is 0.616. The molecule has 2 N–H and O–H groups in total. The summed E-state index contributed by atoms with van der Waals surface area (Å²) >= 11 is 0. The van der Waals surface area contributed by atoms with Crippen LogP contribution in [0.3, 0.4) is 0 Å². The third kappa shape index (κ3) is 11.1. The number of carbonyl (C=O) groups excluding carboxylic acids is 1. The summed E-state index contributed by atoms with van der Waals surface area (Å²) in [4.78, 5) is 11.0. The fourth-order valence-corrected chi connectivity index (χ4v) is 0.813. The standard InChI is InChI=1S/C8H15F3N2O2/c1-15-5-4-13-7(14)2-3-12-6-8(9,10)11/h12H,2-6H2,1H3,(H,13,14). The molecule has 0 unspecified atom stereocenters. The van der Waals surface area contributed by atoms with Gasteiger partial charge in [-0.15, -0.1) is 0 Å². The predicted octanol–water partition coefficient (Wildman–Crippen LogP) is 0.291. The monoisotopic (exact) mass is 228 g/mol. The number of halogens is 3. The van der Waals surface area contributed by atoms with Gasteiger partial charge in [-0.05, 0) is 0 Å². The Morgan fingerprint density at radius 2 is 2.00 bits per heavy atom. The Kier molecular flexibility index (Phi) is 7.06. The van der Waals surface area contributed by atoms with Gasteiger partial charge in [0.2, 0.25) is 5.91 Å². The molecular weight excluding hydrogens is 213 g/mol. The number of methoxy groups -OCH3 is 1. The first-order valence-electron chi connectivity index (χ1n) is 4.49. The highest BCUT2D eigenvalue weighted by molar-refractivity contribution is 5.75. The second kappa shape index (κ2) is 7.47. The molecule has 15 heavy (non-hydrogen) atoms. The molecule has 0 aromatic rings. The van der Waals surface area contributed by atoms with E-state index in [9.17, 15) is 18.0 Å². The molecule has 0 bridgehead atoms. The van der Waals surface area contributed by atoms with E-state index < -0.39 is 12.7 Å². The molecule has 0 aromatic carbocycles. The molecule has 0 atom stereocenters. The Morgan fingerprint density at radius 3 is 2.53 bits per heavy atom. The highest BCUT2D eigenvalue weighted by atomic mass is 19.4. The fourth-order valence-electron chi connectivity index (χ4n) is 0.813. The van der Waals surface area contributed by atoms with Crippen molar-refractivity contribution >= 4 is 5.91 Å². The van der Waals surface area contributed by atoms with Gasteiger partial charge in [0, 0.05) is 26.6 Å². The number of carbonyl (C=O) groups is 1. The second-order valence-corrected chi connectivity index (χ2v) is 2.88. The molecule has 0 saturated heterocycles. The van der Waals surface area contributed by atoms with Gasteiger partial charge in [0.05, 0.1) is 13.2 Å². The lowest BCUT2D eigenvalue weighted by molar-refractivity contribution is -0.127. The van der Waals surface area contributed by atoms with E-state index >= 15 is 0 Å². The number of hydrogen-bond acceptors (Lipinski definition) is 3. The minimum absolute atomic E-state index is 0.0122. The van der Waals surface area contributed by atoms with Crippen LogP contribution in [0, 0.1) is 0 Å². The van der Waals surface area contributed by atoms with Crippen LogP contribution in [-0.4, -0.2) is 45.4 Å². The van der Waals surface area contributed by atoms with E-state index in [2.05, 4.69) is 15.4 Å². The van der Waals surface area contributed by atoms with Gasteiger partial charge in [0.1, 0.15) is 0 Å². The van der Waals surface area contributed by atoms with Crippen LogP contribution in [0.1, 0.15) is 6.42 Å². The van der Waals surface area contributed by atoms with Gasteiger partial charge in [-0.25, -0.2) is 0 Å². The number of amides is 1. The SMILES string of the molecule is COCCNC(=O)CCNCC(F)(F)F. The first kappa shape index (κ1) is 14.2. The first-order valence-corrected chi connectivity index (χ1v) is 4.49. The summed E-state index contributed by atoms with van der Waals surface area (Å²) in [5, 5.41) is 4.63. The van der Waals surface area contributed by atoms with Crippen molar-refractivity contribution in [2.75, 3.05) is 33.4 Å². The van der Waals surface area contributed by atoms with Crippen LogP contribution in [0.4, 0.5) is 13.2 Å². The first-order chi connectivity index (χ1) is 6.95. The lowest BCUT2D eigenvalue weighted by Crippen LogP contribution is -2.33. The zero-order valence-corrected chi connectivity index (χ0v) is 8.49. The van der Waals surface area contributed by atoms with Crippen LogP contribution in [-0.2, 0) is 9.53 Å². The molecule has 0 saturated carbocycles. The molecule has 7 heteroatoms. The Bertz CT molecular complexity index is 185. The zero-order valence-electron chi connectivity index (χ0n) is 8.49. The van der Waals surface area contributed by atoms with E-state index in [4.69, 9.17) is 0 Å². The van der Waals surface area contributed by atoms with Crippen LogP contribution < -0.4 is 10.6 Å². The van der Waals surface area contributed by atoms with E-state index in [1.54, 1.807) is 0 Å². The number of alkyl halides is 3. The Morgan fingerprint density at radius 1 is 1.33 bits per heavy atom. The molecular formula is C8H15F3N2O2. The van der Waals surface area contributed by atoms with E-state index in [0.717, 1.165) is 0 Å². The molecule has 0 aromatic heterocycles. The molecule has 4 nitrogen and oxygen atoms in total. The van der Waals surface area contributed by atoms with Crippen molar-refractivity contribution in [2.24, 2.45) is 0 Å². The van der Waals surface area contributed by atoms with Crippen LogP contribution in [0.15, 0.2) is 0 Å². The van der Waals surface area contributed by atoms with Crippen LogP contribution >= 0.6 is 0 Å². The van der Waals surface area contributed by atoms with Crippen LogP contribution in [0.2, 0.25) is 0 Å². The molecule has 0 rings (SSSR count). The van der Waals surface area contributed by atoms with Crippen molar-refractivity contribution < 1.29 is 22.7 Å². The molecule has 0 radical (unpaired) electrons. The maximum absolute atomic E-state index is 11.6. The molecule has 0 fully saturated rings. The Labute approximate surface area is 86.2 Å². The van der Waals surface area contributed by atoms with Gasteiger partial charge in [0.15, 0.2) is 0 Å². The summed E-state index contributed by atoms with van der Waals surface area (Å²) in [6, 6.07) is 0. The largest absolute Gasteiger partial charge is 0.401 e. The van der Waals surface area contributed by atoms with Gasteiger partial charge in [-0.1, -0.05) is 0 Å². The molecule has 0 aliphatic heterocycles. The number of nitrogens with one attached hydrogen (secondary N) is 2. The van der Waals surface area contributed by atoms with Crippen LogP contribution in [0.5, 0.6) is 0 Å². The van der Waals surface area contributed by atoms with Crippen molar-refractivity contribution in [2.45, 2.75) is 12.6 Å². The summed E-state index contributed by atoms with van der Waals surface area (Å²) < 4.78 is 39.6. The Hall–Kier alpha value is -0.820. The summed E-state index contributed by atoms with van der Waals surface area (Å²) in [6.45, 7) is -0.299. The molecule has 0 spiro atoms. The topological polar surface area (TPSA) is 50.4 Å². The summed E-state index contributed by atoms with van der Waals surface area (Å²) in [7, 11) is 1.50. The maximum Gasteiger partial charge on any atom is 0.401 e. The molecule has 0 aliphatic rings. The zero-order chi connectivity index (χ0) is 11.7. The normalized spacial score (nSPS) is 11.5. The highest BCUT2D eigenvalue weighted by Crippen LogP contribution is 2.11. The summed E-state index contributed by atoms with van der Waals surface area (Å²) in [5.74, 6) is -0.290. The van der Waals surface area contributed by atoms with Crippen molar-refractivity contribution in [3.8, 4) is 0 Å². The van der Waals surface area contributed by atoms with Crippen molar-refractivity contribution in [3.63, 3.8) is 0 Å². The lowest BCUT2D eigenvalue weighted by atomic mass is 10.4. The van der Waals surface area contributed by atoms with Gasteiger partial charge in [-0.2, -0.15) is 13.2 Å². The molecule has 0 heterocycles. The number of hydrogen-bond donors (Lipinski definition) is 2. The van der Waals surface area contributed by atoms with Gasteiger partial charge >= 0.3 is 6.18 Å². The van der Waals surface area contributed by atoms with Crippen molar-refractivity contribution in [1.82, 2.24) is 10.6 Å². The minimum atomic E-state index is -4.23. The molecule has 1 amide bonds. The molecule has 0 aliphatic carbocycles. The van der Waals surface area contributed by atoms with E-state index in [-0.39, 0.29) is 18.9 Å². The van der Waals surface area contributed by atoms with E-state index in [1.807, 2.05) is 0 Å². The maximum atomic E-state index is 11.6. The minimum Gasteiger partial charge on any atom is -0.383 e. The smallest absolute Gasteiger partial charge is 0.383 e. The second-order valence-electron chi connectivity index (χ2n) is 2.88. The average Bonchev–Trinajstić information content (AvgIpc) is 2.11. The number of ether oxygens (including phenoxy) is 1. The van der Waals surface area contributed by atoms with E-state index in [1.165, 1.54) is 7.11 Å². The van der Waals surface area contributed by atoms with Crippen molar-refractivity contribution in [3.05, 3.63) is 0 Å². The van der Waals surface area contributed by atoms with Gasteiger partial charge in [-0.3, -0.25) is 4.79 Å². The number of rotatable bonds is 7. The highest BCUT2D eigenvalue weighted by Gasteiger charge is 2.25. The molecule has 90 valence electrons. The van der Waals surface area contributed by atoms with Gasteiger partial charge in [0.25, 0.3) is 0 Å². The predicted molar refractivity (Wildman–Crippen MR) is 48.4 cm³/mol.